The third kappa shape index (κ3) is 3.58. The van der Waals surface area contributed by atoms with Gasteiger partial charge in [-0.2, -0.15) is 4.31 Å². The number of carbonyl (C=O) groups is 1. The van der Waals surface area contributed by atoms with Gasteiger partial charge in [0.05, 0.1) is 11.9 Å². The molecule has 23 heavy (non-hydrogen) atoms. The molecule has 1 aromatic rings. The summed E-state index contributed by atoms with van der Waals surface area (Å²) < 4.78 is 27.2. The number of piperidine rings is 1. The number of nitrogens with one attached hydrogen (secondary N) is 1. The number of imidazole rings is 1. The van der Waals surface area contributed by atoms with Gasteiger partial charge in [0.2, 0.25) is 15.9 Å². The van der Waals surface area contributed by atoms with Crippen LogP contribution in [-0.2, 0) is 27.8 Å². The predicted molar refractivity (Wildman–Crippen MR) is 86.4 cm³/mol. The minimum atomic E-state index is -3.35. The molecule has 0 spiro atoms. The summed E-state index contributed by atoms with van der Waals surface area (Å²) in [5, 5.41) is 3.05. The van der Waals surface area contributed by atoms with Gasteiger partial charge in [0.15, 0.2) is 0 Å². The Morgan fingerprint density at radius 1 is 1.35 bits per heavy atom. The van der Waals surface area contributed by atoms with Crippen LogP contribution in [0.25, 0.3) is 0 Å². The number of hydrogen-bond acceptors (Lipinski definition) is 4. The molecule has 8 heteroatoms. The molecule has 1 fully saturated rings. The van der Waals surface area contributed by atoms with Gasteiger partial charge in [-0.1, -0.05) is 6.42 Å². The number of carbonyl (C=O) groups excluding carboxylic acids is 1. The van der Waals surface area contributed by atoms with Crippen molar-refractivity contribution in [1.29, 1.82) is 0 Å². The number of aromatic nitrogens is 2. The summed E-state index contributed by atoms with van der Waals surface area (Å²) in [4.78, 5) is 17.1. The van der Waals surface area contributed by atoms with Crippen LogP contribution in [-0.4, -0.2) is 53.1 Å². The maximum atomic E-state index is 12.6. The standard InChI is InChI=1S/C15H24N4O3S/c1-11-9-18-10-12(6-7-14(18)16-11)17-15(20)13-5-3-4-8-19(13)23(2,21)22/h9,12-13H,3-8,10H2,1-2H3,(H,17,20)/t12-,13+/m1/s1. The minimum absolute atomic E-state index is 0.0342. The number of fused-ring (bicyclic) bond motifs is 1. The Kier molecular flexibility index (Phi) is 4.46. The lowest BCUT2D eigenvalue weighted by molar-refractivity contribution is -0.126. The van der Waals surface area contributed by atoms with Crippen molar-refractivity contribution in [3.63, 3.8) is 0 Å². The number of hydrogen-bond donors (Lipinski definition) is 1. The Labute approximate surface area is 137 Å². The van der Waals surface area contributed by atoms with E-state index in [1.807, 2.05) is 13.1 Å². The van der Waals surface area contributed by atoms with Gasteiger partial charge in [0.1, 0.15) is 11.9 Å². The number of rotatable bonds is 3. The lowest BCUT2D eigenvalue weighted by atomic mass is 10.0. The van der Waals surface area contributed by atoms with E-state index >= 15 is 0 Å². The SMILES string of the molecule is Cc1cn2c(n1)CC[C@@H](NC(=O)[C@@H]1CCCCN1S(C)(=O)=O)C2. The first-order chi connectivity index (χ1) is 10.8. The molecule has 1 N–H and O–H groups in total. The first kappa shape index (κ1) is 16.4. The summed E-state index contributed by atoms with van der Waals surface area (Å²) >= 11 is 0. The molecule has 3 heterocycles. The Balaban J connectivity index is 1.67. The van der Waals surface area contributed by atoms with Crippen molar-refractivity contribution in [1.82, 2.24) is 19.2 Å². The topological polar surface area (TPSA) is 84.3 Å². The van der Waals surface area contributed by atoms with Crippen molar-refractivity contribution in [3.05, 3.63) is 17.7 Å². The molecule has 2 atom stereocenters. The van der Waals surface area contributed by atoms with Crippen LogP contribution in [0.15, 0.2) is 6.20 Å². The molecule has 1 amide bonds. The Morgan fingerprint density at radius 3 is 2.87 bits per heavy atom. The average Bonchev–Trinajstić information content (AvgIpc) is 2.85. The van der Waals surface area contributed by atoms with E-state index in [4.69, 9.17) is 0 Å². The molecule has 0 unspecified atom stereocenters. The van der Waals surface area contributed by atoms with Gasteiger partial charge in [-0.15, -0.1) is 0 Å². The highest BCUT2D eigenvalue weighted by Crippen LogP contribution is 2.21. The number of amides is 1. The highest BCUT2D eigenvalue weighted by molar-refractivity contribution is 7.88. The van der Waals surface area contributed by atoms with Crippen LogP contribution in [0.5, 0.6) is 0 Å². The fraction of sp³-hybridized carbons (Fsp3) is 0.733. The van der Waals surface area contributed by atoms with E-state index in [1.165, 1.54) is 10.6 Å². The molecule has 0 bridgehead atoms. The molecular weight excluding hydrogens is 316 g/mol. The number of aryl methyl sites for hydroxylation is 2. The van der Waals surface area contributed by atoms with Crippen molar-refractivity contribution < 1.29 is 13.2 Å². The first-order valence-electron chi connectivity index (χ1n) is 8.14. The summed E-state index contributed by atoms with van der Waals surface area (Å²) in [7, 11) is -3.35. The smallest absolute Gasteiger partial charge is 0.238 e. The Morgan fingerprint density at radius 2 is 2.13 bits per heavy atom. The number of sulfonamides is 1. The molecule has 1 saturated heterocycles. The highest BCUT2D eigenvalue weighted by Gasteiger charge is 2.35. The first-order valence-corrected chi connectivity index (χ1v) is 9.99. The van der Waals surface area contributed by atoms with E-state index in [0.29, 0.717) is 19.5 Å². The summed E-state index contributed by atoms with van der Waals surface area (Å²) in [5.41, 5.74) is 0.988. The second-order valence-electron chi connectivity index (χ2n) is 6.58. The van der Waals surface area contributed by atoms with E-state index in [1.54, 1.807) is 0 Å². The van der Waals surface area contributed by atoms with E-state index < -0.39 is 16.1 Å². The predicted octanol–water partition coefficient (Wildman–Crippen LogP) is 0.437. The van der Waals surface area contributed by atoms with Crippen LogP contribution >= 0.6 is 0 Å². The van der Waals surface area contributed by atoms with Crippen LogP contribution in [0.2, 0.25) is 0 Å². The highest BCUT2D eigenvalue weighted by atomic mass is 32.2. The number of nitrogens with zero attached hydrogens (tertiary/aromatic N) is 3. The van der Waals surface area contributed by atoms with Crippen molar-refractivity contribution in [2.24, 2.45) is 0 Å². The molecular formula is C15H24N4O3S. The fourth-order valence-electron chi connectivity index (χ4n) is 3.57. The normalized spacial score (nSPS) is 25.8. The van der Waals surface area contributed by atoms with Crippen molar-refractivity contribution in [3.8, 4) is 0 Å². The van der Waals surface area contributed by atoms with E-state index in [2.05, 4.69) is 14.9 Å². The van der Waals surface area contributed by atoms with Crippen molar-refractivity contribution in [2.75, 3.05) is 12.8 Å². The summed E-state index contributed by atoms with van der Waals surface area (Å²) in [6.45, 7) is 3.10. The van der Waals surface area contributed by atoms with Gasteiger partial charge in [-0.25, -0.2) is 13.4 Å². The molecule has 7 nitrogen and oxygen atoms in total. The zero-order valence-electron chi connectivity index (χ0n) is 13.7. The van der Waals surface area contributed by atoms with E-state index in [9.17, 15) is 13.2 Å². The zero-order valence-corrected chi connectivity index (χ0v) is 14.5. The molecule has 0 aliphatic carbocycles. The Bertz CT molecular complexity index is 698. The lowest BCUT2D eigenvalue weighted by Crippen LogP contribution is -2.54. The van der Waals surface area contributed by atoms with Gasteiger partial charge in [0, 0.05) is 31.7 Å². The molecule has 0 aromatic carbocycles. The quantitative estimate of drug-likeness (QED) is 0.865. The van der Waals surface area contributed by atoms with Crippen LogP contribution in [0.3, 0.4) is 0 Å². The largest absolute Gasteiger partial charge is 0.350 e. The van der Waals surface area contributed by atoms with Gasteiger partial charge < -0.3 is 9.88 Å². The second-order valence-corrected chi connectivity index (χ2v) is 8.52. The van der Waals surface area contributed by atoms with Crippen LogP contribution < -0.4 is 5.32 Å². The second kappa shape index (κ2) is 6.24. The van der Waals surface area contributed by atoms with Crippen LogP contribution in [0.4, 0.5) is 0 Å². The molecule has 1 aromatic heterocycles. The molecule has 3 rings (SSSR count). The van der Waals surface area contributed by atoms with Crippen LogP contribution in [0.1, 0.15) is 37.2 Å². The summed E-state index contributed by atoms with van der Waals surface area (Å²) in [6.07, 6.45) is 7.16. The fourth-order valence-corrected chi connectivity index (χ4v) is 4.69. The summed E-state index contributed by atoms with van der Waals surface area (Å²) in [6, 6.07) is -0.531. The molecule has 2 aliphatic heterocycles. The maximum absolute atomic E-state index is 12.6. The van der Waals surface area contributed by atoms with Crippen molar-refractivity contribution >= 4 is 15.9 Å². The lowest BCUT2D eigenvalue weighted by Gasteiger charge is -2.34. The molecule has 2 aliphatic rings. The third-order valence-electron chi connectivity index (χ3n) is 4.64. The maximum Gasteiger partial charge on any atom is 0.238 e. The van der Waals surface area contributed by atoms with E-state index in [0.717, 1.165) is 37.2 Å². The minimum Gasteiger partial charge on any atom is -0.350 e. The van der Waals surface area contributed by atoms with Crippen LogP contribution in [0, 0.1) is 6.92 Å². The van der Waals surface area contributed by atoms with E-state index in [-0.39, 0.29) is 11.9 Å². The van der Waals surface area contributed by atoms with Gasteiger partial charge >= 0.3 is 0 Å². The third-order valence-corrected chi connectivity index (χ3v) is 5.93. The monoisotopic (exact) mass is 340 g/mol. The average molecular weight is 340 g/mol. The van der Waals surface area contributed by atoms with Gasteiger partial charge in [-0.3, -0.25) is 4.79 Å². The zero-order chi connectivity index (χ0) is 16.6. The van der Waals surface area contributed by atoms with Crippen molar-refractivity contribution in [2.45, 2.75) is 57.7 Å². The molecule has 0 radical (unpaired) electrons. The van der Waals surface area contributed by atoms with Gasteiger partial charge in [-0.05, 0) is 26.2 Å². The molecule has 128 valence electrons. The Hall–Kier alpha value is -1.41. The molecule has 0 saturated carbocycles. The van der Waals surface area contributed by atoms with Gasteiger partial charge in [0.25, 0.3) is 0 Å². The summed E-state index contributed by atoms with van der Waals surface area (Å²) in [5.74, 6) is 0.892.